The maximum atomic E-state index is 11.9. The minimum absolute atomic E-state index is 0.0807. The normalized spacial score (nSPS) is 16.0. The number of aryl methyl sites for hydroxylation is 1. The van der Waals surface area contributed by atoms with Gasteiger partial charge in [-0.05, 0) is 24.3 Å². The van der Waals surface area contributed by atoms with Gasteiger partial charge in [0, 0.05) is 29.8 Å². The van der Waals surface area contributed by atoms with Crippen molar-refractivity contribution in [2.45, 2.75) is 51.0 Å². The Kier molecular flexibility index (Phi) is 4.65. The van der Waals surface area contributed by atoms with Crippen LogP contribution in [0.25, 0.3) is 11.4 Å². The number of carbonyl (C=O) groups excluding carboxylic acids is 1. The van der Waals surface area contributed by atoms with Crippen LogP contribution in [0.4, 0.5) is 0 Å². The van der Waals surface area contributed by atoms with Crippen LogP contribution in [0.3, 0.4) is 0 Å². The van der Waals surface area contributed by atoms with Crippen LogP contribution in [0.2, 0.25) is 0 Å². The Hall–Kier alpha value is -1.69. The molecule has 6 heteroatoms. The van der Waals surface area contributed by atoms with Gasteiger partial charge >= 0.3 is 0 Å². The Labute approximate surface area is 127 Å². The zero-order chi connectivity index (χ0) is 14.5. The Morgan fingerprint density at radius 3 is 3.00 bits per heavy atom. The van der Waals surface area contributed by atoms with Crippen molar-refractivity contribution < 1.29 is 9.32 Å². The van der Waals surface area contributed by atoms with Gasteiger partial charge in [0.05, 0.1) is 0 Å². The van der Waals surface area contributed by atoms with Gasteiger partial charge in [0.15, 0.2) is 0 Å². The molecule has 112 valence electrons. The summed E-state index contributed by atoms with van der Waals surface area (Å²) >= 11 is 1.60. The van der Waals surface area contributed by atoms with E-state index in [2.05, 4.69) is 15.5 Å². The lowest BCUT2D eigenvalue weighted by atomic mass is 9.95. The van der Waals surface area contributed by atoms with Crippen molar-refractivity contribution in [3.8, 4) is 11.4 Å². The number of aromatic nitrogens is 2. The molecule has 2 aromatic heterocycles. The molecule has 0 aliphatic heterocycles. The van der Waals surface area contributed by atoms with Crippen molar-refractivity contribution in [2.24, 2.45) is 0 Å². The van der Waals surface area contributed by atoms with Gasteiger partial charge in [0.25, 0.3) is 0 Å². The zero-order valence-corrected chi connectivity index (χ0v) is 12.7. The second-order valence-corrected chi connectivity index (χ2v) is 6.21. The van der Waals surface area contributed by atoms with Crippen LogP contribution in [-0.4, -0.2) is 22.1 Å². The summed E-state index contributed by atoms with van der Waals surface area (Å²) in [6.07, 6.45) is 6.84. The standard InChI is InChI=1S/C15H19N3O2S/c19-13(16-12-4-2-1-3-5-12)6-7-14-17-15(18-20-14)11-8-9-21-10-11/h8-10,12H,1-7H2,(H,16,19). The highest BCUT2D eigenvalue weighted by atomic mass is 32.1. The Morgan fingerprint density at radius 1 is 1.38 bits per heavy atom. The van der Waals surface area contributed by atoms with Gasteiger partial charge in [-0.1, -0.05) is 24.4 Å². The van der Waals surface area contributed by atoms with Crippen molar-refractivity contribution in [1.29, 1.82) is 0 Å². The SMILES string of the molecule is O=C(CCc1nc(-c2ccsc2)no1)NC1CCCCC1. The fraction of sp³-hybridized carbons (Fsp3) is 0.533. The topological polar surface area (TPSA) is 68.0 Å². The third-order valence-electron chi connectivity index (χ3n) is 3.78. The van der Waals surface area contributed by atoms with E-state index in [0.29, 0.717) is 30.6 Å². The third-order valence-corrected chi connectivity index (χ3v) is 4.47. The first-order valence-electron chi connectivity index (χ1n) is 7.46. The lowest BCUT2D eigenvalue weighted by molar-refractivity contribution is -0.122. The smallest absolute Gasteiger partial charge is 0.227 e. The number of nitrogens with one attached hydrogen (secondary N) is 1. The molecule has 0 bridgehead atoms. The quantitative estimate of drug-likeness (QED) is 0.921. The summed E-state index contributed by atoms with van der Waals surface area (Å²) in [6, 6.07) is 2.31. The van der Waals surface area contributed by atoms with Crippen molar-refractivity contribution in [2.75, 3.05) is 0 Å². The van der Waals surface area contributed by atoms with Gasteiger partial charge in [-0.3, -0.25) is 4.79 Å². The predicted molar refractivity (Wildman–Crippen MR) is 80.9 cm³/mol. The Morgan fingerprint density at radius 2 is 2.24 bits per heavy atom. The van der Waals surface area contributed by atoms with Crippen LogP contribution in [-0.2, 0) is 11.2 Å². The first kappa shape index (κ1) is 14.3. The zero-order valence-electron chi connectivity index (χ0n) is 11.9. The number of amides is 1. The fourth-order valence-corrected chi connectivity index (χ4v) is 3.27. The number of nitrogens with zero attached hydrogens (tertiary/aromatic N) is 2. The molecule has 1 amide bonds. The molecule has 1 saturated carbocycles. The van der Waals surface area contributed by atoms with E-state index in [1.54, 1.807) is 11.3 Å². The maximum Gasteiger partial charge on any atom is 0.227 e. The third kappa shape index (κ3) is 3.91. The van der Waals surface area contributed by atoms with Crippen LogP contribution >= 0.6 is 11.3 Å². The molecular formula is C15H19N3O2S. The molecule has 0 unspecified atom stereocenters. The molecule has 1 aliphatic rings. The predicted octanol–water partition coefficient (Wildman–Crippen LogP) is 3.18. The number of thiophene rings is 1. The molecule has 0 saturated heterocycles. The lowest BCUT2D eigenvalue weighted by Gasteiger charge is -2.22. The summed E-state index contributed by atoms with van der Waals surface area (Å²) in [5.74, 6) is 1.20. The molecule has 21 heavy (non-hydrogen) atoms. The monoisotopic (exact) mass is 305 g/mol. The Balaban J connectivity index is 1.47. The van der Waals surface area contributed by atoms with Gasteiger partial charge in [0.1, 0.15) is 0 Å². The first-order chi connectivity index (χ1) is 10.3. The van der Waals surface area contributed by atoms with Crippen molar-refractivity contribution in [3.05, 3.63) is 22.7 Å². The van der Waals surface area contributed by atoms with Crippen molar-refractivity contribution in [3.63, 3.8) is 0 Å². The highest BCUT2D eigenvalue weighted by Gasteiger charge is 2.16. The molecule has 0 radical (unpaired) electrons. The van der Waals surface area contributed by atoms with Crippen LogP contribution in [0.1, 0.15) is 44.4 Å². The largest absolute Gasteiger partial charge is 0.353 e. The summed E-state index contributed by atoms with van der Waals surface area (Å²) in [5.41, 5.74) is 0.960. The molecule has 5 nitrogen and oxygen atoms in total. The number of hydrogen-bond donors (Lipinski definition) is 1. The van der Waals surface area contributed by atoms with E-state index in [9.17, 15) is 4.79 Å². The van der Waals surface area contributed by atoms with Gasteiger partial charge in [-0.2, -0.15) is 16.3 Å². The molecule has 0 atom stereocenters. The minimum atomic E-state index is 0.0807. The minimum Gasteiger partial charge on any atom is -0.353 e. The van der Waals surface area contributed by atoms with E-state index < -0.39 is 0 Å². The average molecular weight is 305 g/mol. The summed E-state index contributed by atoms with van der Waals surface area (Å²) in [4.78, 5) is 16.2. The van der Waals surface area contributed by atoms with Crippen molar-refractivity contribution in [1.82, 2.24) is 15.5 Å². The van der Waals surface area contributed by atoms with Crippen LogP contribution in [0.5, 0.6) is 0 Å². The van der Waals surface area contributed by atoms with Crippen LogP contribution < -0.4 is 5.32 Å². The van der Waals surface area contributed by atoms with Gasteiger partial charge in [0.2, 0.25) is 17.6 Å². The molecule has 2 aromatic rings. The summed E-state index contributed by atoms with van der Waals surface area (Å²) in [6.45, 7) is 0. The number of rotatable bonds is 5. The highest BCUT2D eigenvalue weighted by Crippen LogP contribution is 2.19. The molecule has 2 heterocycles. The molecule has 0 spiro atoms. The molecule has 0 aromatic carbocycles. The first-order valence-corrected chi connectivity index (χ1v) is 8.40. The molecule has 1 N–H and O–H groups in total. The van der Waals surface area contributed by atoms with Gasteiger partial charge < -0.3 is 9.84 Å². The van der Waals surface area contributed by atoms with E-state index >= 15 is 0 Å². The van der Waals surface area contributed by atoms with Crippen molar-refractivity contribution >= 4 is 17.2 Å². The van der Waals surface area contributed by atoms with E-state index in [1.165, 1.54) is 19.3 Å². The second kappa shape index (κ2) is 6.85. The Bertz CT molecular complexity index is 574. The van der Waals surface area contributed by atoms with E-state index in [-0.39, 0.29) is 5.91 Å². The lowest BCUT2D eigenvalue weighted by Crippen LogP contribution is -2.36. The van der Waals surface area contributed by atoms with Gasteiger partial charge in [-0.15, -0.1) is 0 Å². The summed E-state index contributed by atoms with van der Waals surface area (Å²) < 4.78 is 5.19. The van der Waals surface area contributed by atoms with Crippen LogP contribution in [0, 0.1) is 0 Å². The second-order valence-electron chi connectivity index (χ2n) is 5.43. The van der Waals surface area contributed by atoms with E-state index in [1.807, 2.05) is 16.8 Å². The average Bonchev–Trinajstić information content (AvgIpc) is 3.17. The molecule has 1 aliphatic carbocycles. The highest BCUT2D eigenvalue weighted by molar-refractivity contribution is 7.08. The van der Waals surface area contributed by atoms with Gasteiger partial charge in [-0.25, -0.2) is 0 Å². The van der Waals surface area contributed by atoms with Crippen LogP contribution in [0.15, 0.2) is 21.3 Å². The number of carbonyl (C=O) groups is 1. The molecule has 1 fully saturated rings. The number of hydrogen-bond acceptors (Lipinski definition) is 5. The van der Waals surface area contributed by atoms with E-state index in [0.717, 1.165) is 18.4 Å². The molecular weight excluding hydrogens is 286 g/mol. The summed E-state index contributed by atoms with van der Waals surface area (Å²) in [5, 5.41) is 11.0. The summed E-state index contributed by atoms with van der Waals surface area (Å²) in [7, 11) is 0. The fourth-order valence-electron chi connectivity index (χ4n) is 2.63. The van der Waals surface area contributed by atoms with E-state index in [4.69, 9.17) is 4.52 Å². The maximum absolute atomic E-state index is 11.9. The molecule has 3 rings (SSSR count).